The number of aromatic nitrogens is 4. The number of hydrogen-bond donors (Lipinski definition) is 1. The first-order valence-electron chi connectivity index (χ1n) is 9.43. The third-order valence-electron chi connectivity index (χ3n) is 4.86. The fourth-order valence-electron chi connectivity index (χ4n) is 3.05. The Bertz CT molecular complexity index is 1040. The molecule has 1 N–H and O–H groups in total. The predicted octanol–water partition coefficient (Wildman–Crippen LogP) is 3.27. The topological polar surface area (TPSA) is 91.2 Å². The van der Waals surface area contributed by atoms with Crippen molar-refractivity contribution in [1.82, 2.24) is 25.5 Å². The molecule has 8 nitrogen and oxygen atoms in total. The van der Waals surface area contributed by atoms with Gasteiger partial charge in [-0.1, -0.05) is 23.9 Å². The van der Waals surface area contributed by atoms with E-state index < -0.39 is 0 Å². The Kier molecular flexibility index (Phi) is 6.94. The Hall–Kier alpha value is -3.07. The molecule has 0 aliphatic rings. The molecule has 3 rings (SSSR count). The van der Waals surface area contributed by atoms with E-state index in [-0.39, 0.29) is 17.7 Å². The number of benzene rings is 2. The summed E-state index contributed by atoms with van der Waals surface area (Å²) in [5, 5.41) is 15.5. The molecule has 0 bridgehead atoms. The van der Waals surface area contributed by atoms with Crippen LogP contribution in [0.15, 0.2) is 41.6 Å². The van der Waals surface area contributed by atoms with Crippen LogP contribution in [0.5, 0.6) is 11.5 Å². The molecule has 3 aromatic rings. The van der Waals surface area contributed by atoms with Crippen molar-refractivity contribution in [1.29, 1.82) is 0 Å². The van der Waals surface area contributed by atoms with Gasteiger partial charge in [0, 0.05) is 5.56 Å². The highest BCUT2D eigenvalue weighted by atomic mass is 32.2. The van der Waals surface area contributed by atoms with Gasteiger partial charge in [0.25, 0.3) is 0 Å². The summed E-state index contributed by atoms with van der Waals surface area (Å²) in [5.74, 6) is 1.44. The van der Waals surface area contributed by atoms with Crippen molar-refractivity contribution in [3.8, 4) is 17.2 Å². The number of hydrogen-bond acceptors (Lipinski definition) is 7. The van der Waals surface area contributed by atoms with Crippen molar-refractivity contribution in [3.05, 3.63) is 53.1 Å². The van der Waals surface area contributed by atoms with Crippen LogP contribution in [0.3, 0.4) is 0 Å². The lowest BCUT2D eigenvalue weighted by Crippen LogP contribution is -2.28. The standard InChI is InChI=1S/C21H25N5O3S/c1-13-7-6-8-18(14(13)2)26-21(23-24-25-26)30-12-20(27)22-15(3)17-11-16(28-4)9-10-19(17)29-5/h6-11,15H,12H2,1-5H3,(H,22,27). The van der Waals surface area contributed by atoms with Gasteiger partial charge in [-0.3, -0.25) is 4.79 Å². The third kappa shape index (κ3) is 4.73. The Morgan fingerprint density at radius 2 is 2.00 bits per heavy atom. The molecule has 1 unspecified atom stereocenters. The zero-order chi connectivity index (χ0) is 21.7. The van der Waals surface area contributed by atoms with Crippen molar-refractivity contribution in [3.63, 3.8) is 0 Å². The summed E-state index contributed by atoms with van der Waals surface area (Å²) in [6.45, 7) is 5.97. The first-order valence-corrected chi connectivity index (χ1v) is 10.4. The number of methoxy groups -OCH3 is 2. The maximum atomic E-state index is 12.6. The number of rotatable bonds is 8. The van der Waals surface area contributed by atoms with Crippen molar-refractivity contribution >= 4 is 17.7 Å². The van der Waals surface area contributed by atoms with Crippen LogP contribution in [0.1, 0.15) is 29.7 Å². The number of thioether (sulfide) groups is 1. The van der Waals surface area contributed by atoms with Crippen LogP contribution in [0.4, 0.5) is 0 Å². The Morgan fingerprint density at radius 3 is 2.73 bits per heavy atom. The highest BCUT2D eigenvalue weighted by Gasteiger charge is 2.17. The summed E-state index contributed by atoms with van der Waals surface area (Å²) in [7, 11) is 3.20. The molecule has 0 saturated heterocycles. The zero-order valence-electron chi connectivity index (χ0n) is 17.7. The number of tetrazole rings is 1. The van der Waals surface area contributed by atoms with E-state index in [0.29, 0.717) is 16.7 Å². The van der Waals surface area contributed by atoms with Gasteiger partial charge < -0.3 is 14.8 Å². The fourth-order valence-corrected chi connectivity index (χ4v) is 3.75. The van der Waals surface area contributed by atoms with E-state index in [9.17, 15) is 4.79 Å². The van der Waals surface area contributed by atoms with Gasteiger partial charge in [0.2, 0.25) is 11.1 Å². The summed E-state index contributed by atoms with van der Waals surface area (Å²) in [6, 6.07) is 11.2. The molecule has 1 atom stereocenters. The van der Waals surface area contributed by atoms with E-state index >= 15 is 0 Å². The second-order valence-corrected chi connectivity index (χ2v) is 7.72. The molecule has 2 aromatic carbocycles. The average Bonchev–Trinajstić information content (AvgIpc) is 3.22. The SMILES string of the molecule is COc1ccc(OC)c(C(C)NC(=O)CSc2nnnn2-c2cccc(C)c2C)c1. The Balaban J connectivity index is 1.68. The highest BCUT2D eigenvalue weighted by molar-refractivity contribution is 7.99. The molecule has 0 fully saturated rings. The molecule has 0 aliphatic carbocycles. The zero-order valence-corrected chi connectivity index (χ0v) is 18.5. The van der Waals surface area contributed by atoms with E-state index in [1.807, 2.05) is 57.2 Å². The molecule has 1 heterocycles. The molecule has 1 aromatic heterocycles. The van der Waals surface area contributed by atoms with E-state index in [2.05, 4.69) is 20.8 Å². The largest absolute Gasteiger partial charge is 0.497 e. The lowest BCUT2D eigenvalue weighted by molar-refractivity contribution is -0.119. The maximum absolute atomic E-state index is 12.6. The van der Waals surface area contributed by atoms with Gasteiger partial charge in [0.15, 0.2) is 0 Å². The molecule has 0 aliphatic heterocycles. The van der Waals surface area contributed by atoms with Crippen LogP contribution in [0.2, 0.25) is 0 Å². The summed E-state index contributed by atoms with van der Waals surface area (Å²) in [5.41, 5.74) is 3.99. The van der Waals surface area contributed by atoms with E-state index in [1.54, 1.807) is 18.9 Å². The molecule has 30 heavy (non-hydrogen) atoms. The Labute approximate surface area is 180 Å². The fraction of sp³-hybridized carbons (Fsp3) is 0.333. The summed E-state index contributed by atoms with van der Waals surface area (Å²) >= 11 is 1.28. The smallest absolute Gasteiger partial charge is 0.230 e. The van der Waals surface area contributed by atoms with Crippen LogP contribution in [0.25, 0.3) is 5.69 Å². The highest BCUT2D eigenvalue weighted by Crippen LogP contribution is 2.29. The van der Waals surface area contributed by atoms with Gasteiger partial charge in [0.05, 0.1) is 31.7 Å². The number of ether oxygens (including phenoxy) is 2. The minimum atomic E-state index is -0.252. The van der Waals surface area contributed by atoms with Crippen LogP contribution in [-0.2, 0) is 4.79 Å². The predicted molar refractivity (Wildman–Crippen MR) is 115 cm³/mol. The first-order chi connectivity index (χ1) is 14.4. The van der Waals surface area contributed by atoms with Gasteiger partial charge in [-0.05, 0) is 66.6 Å². The summed E-state index contributed by atoms with van der Waals surface area (Å²) in [4.78, 5) is 12.6. The molecule has 0 spiro atoms. The van der Waals surface area contributed by atoms with Crippen LogP contribution in [-0.4, -0.2) is 46.1 Å². The molecule has 158 valence electrons. The molecule has 0 saturated carbocycles. The number of nitrogens with one attached hydrogen (secondary N) is 1. The first kappa shape index (κ1) is 21.6. The van der Waals surface area contributed by atoms with Crippen molar-refractivity contribution in [2.45, 2.75) is 32.0 Å². The minimum absolute atomic E-state index is 0.132. The average molecular weight is 428 g/mol. The van der Waals surface area contributed by atoms with Crippen LogP contribution in [0, 0.1) is 13.8 Å². The monoisotopic (exact) mass is 427 g/mol. The quantitative estimate of drug-likeness (QED) is 0.552. The summed E-state index contributed by atoms with van der Waals surface area (Å²) < 4.78 is 12.4. The number of amides is 1. The molecule has 0 radical (unpaired) electrons. The van der Waals surface area contributed by atoms with Gasteiger partial charge in [-0.25, -0.2) is 0 Å². The van der Waals surface area contributed by atoms with Crippen LogP contribution < -0.4 is 14.8 Å². The van der Waals surface area contributed by atoms with Gasteiger partial charge >= 0.3 is 0 Å². The number of carbonyl (C=O) groups is 1. The molecule has 1 amide bonds. The second-order valence-electron chi connectivity index (χ2n) is 6.78. The number of carbonyl (C=O) groups excluding carboxylic acids is 1. The van der Waals surface area contributed by atoms with E-state index in [1.165, 1.54) is 11.8 Å². The van der Waals surface area contributed by atoms with Gasteiger partial charge in [0.1, 0.15) is 11.5 Å². The normalized spacial score (nSPS) is 11.8. The Morgan fingerprint density at radius 1 is 1.20 bits per heavy atom. The number of nitrogens with zero attached hydrogens (tertiary/aromatic N) is 4. The minimum Gasteiger partial charge on any atom is -0.497 e. The molecular weight excluding hydrogens is 402 g/mol. The summed E-state index contributed by atoms with van der Waals surface area (Å²) in [6.07, 6.45) is 0. The maximum Gasteiger partial charge on any atom is 0.230 e. The van der Waals surface area contributed by atoms with E-state index in [0.717, 1.165) is 22.4 Å². The van der Waals surface area contributed by atoms with Gasteiger partial charge in [-0.15, -0.1) is 5.10 Å². The molecule has 9 heteroatoms. The van der Waals surface area contributed by atoms with Gasteiger partial charge in [-0.2, -0.15) is 4.68 Å². The molecular formula is C21H25N5O3S. The van der Waals surface area contributed by atoms with E-state index in [4.69, 9.17) is 9.47 Å². The third-order valence-corrected chi connectivity index (χ3v) is 5.78. The van der Waals surface area contributed by atoms with Crippen molar-refractivity contribution < 1.29 is 14.3 Å². The lowest BCUT2D eigenvalue weighted by Gasteiger charge is -2.18. The van der Waals surface area contributed by atoms with Crippen molar-refractivity contribution in [2.75, 3.05) is 20.0 Å². The number of aryl methyl sites for hydroxylation is 1. The van der Waals surface area contributed by atoms with Crippen molar-refractivity contribution in [2.24, 2.45) is 0 Å². The van der Waals surface area contributed by atoms with Crippen LogP contribution >= 0.6 is 11.8 Å². The second kappa shape index (κ2) is 9.62. The lowest BCUT2D eigenvalue weighted by atomic mass is 10.1.